The lowest BCUT2D eigenvalue weighted by Gasteiger charge is -2.06. The summed E-state index contributed by atoms with van der Waals surface area (Å²) >= 11 is 0. The van der Waals surface area contributed by atoms with Gasteiger partial charge in [0.25, 0.3) is 0 Å². The molecular formula is C15H16O5. The van der Waals surface area contributed by atoms with Crippen molar-refractivity contribution in [3.05, 3.63) is 41.5 Å². The first-order valence-corrected chi connectivity index (χ1v) is 6.09. The van der Waals surface area contributed by atoms with Gasteiger partial charge in [-0.25, -0.2) is 4.79 Å². The number of benzene rings is 1. The average Bonchev–Trinajstić information content (AvgIpc) is 2.41. The summed E-state index contributed by atoms with van der Waals surface area (Å²) in [5.41, 5.74) is 0.689. The second kappa shape index (κ2) is 7.89. The third-order valence-electron chi connectivity index (χ3n) is 2.33. The number of esters is 2. The molecule has 0 saturated heterocycles. The van der Waals surface area contributed by atoms with E-state index in [2.05, 4.69) is 4.74 Å². The first-order valence-electron chi connectivity index (χ1n) is 6.09. The number of carbonyl (C=O) groups excluding carboxylic acids is 3. The van der Waals surface area contributed by atoms with Crippen LogP contribution in [0.3, 0.4) is 0 Å². The van der Waals surface area contributed by atoms with E-state index in [1.54, 1.807) is 24.3 Å². The zero-order valence-corrected chi connectivity index (χ0v) is 11.4. The van der Waals surface area contributed by atoms with Crippen LogP contribution < -0.4 is 0 Å². The fraction of sp³-hybridized carbons (Fsp3) is 0.267. The molecule has 1 aromatic carbocycles. The Morgan fingerprint density at radius 3 is 2.15 bits per heavy atom. The van der Waals surface area contributed by atoms with Crippen LogP contribution in [0.1, 0.15) is 19.4 Å². The van der Waals surface area contributed by atoms with Crippen molar-refractivity contribution in [2.45, 2.75) is 13.8 Å². The molecular weight excluding hydrogens is 260 g/mol. The molecule has 1 aromatic rings. The number of hydrogen-bond donors (Lipinski definition) is 0. The van der Waals surface area contributed by atoms with Gasteiger partial charge in [-0.05, 0) is 18.6 Å². The average molecular weight is 276 g/mol. The fourth-order valence-electron chi connectivity index (χ4n) is 1.42. The van der Waals surface area contributed by atoms with Gasteiger partial charge < -0.3 is 9.47 Å². The van der Waals surface area contributed by atoms with E-state index in [4.69, 9.17) is 4.74 Å². The maximum atomic E-state index is 11.8. The predicted octanol–water partition coefficient (Wildman–Crippen LogP) is 1.77. The number of ether oxygens (including phenoxy) is 2. The second-order valence-corrected chi connectivity index (χ2v) is 4.00. The van der Waals surface area contributed by atoms with Crippen LogP contribution >= 0.6 is 0 Å². The van der Waals surface area contributed by atoms with Crippen molar-refractivity contribution in [1.82, 2.24) is 0 Å². The van der Waals surface area contributed by atoms with E-state index in [1.807, 2.05) is 6.07 Å². The molecule has 0 aliphatic rings. The van der Waals surface area contributed by atoms with Crippen molar-refractivity contribution >= 4 is 23.8 Å². The first-order chi connectivity index (χ1) is 9.50. The molecule has 0 aromatic heterocycles. The maximum absolute atomic E-state index is 11.8. The van der Waals surface area contributed by atoms with Gasteiger partial charge in [-0.1, -0.05) is 30.3 Å². The van der Waals surface area contributed by atoms with Gasteiger partial charge in [0, 0.05) is 6.92 Å². The topological polar surface area (TPSA) is 69.7 Å². The van der Waals surface area contributed by atoms with Crippen LogP contribution in [0.4, 0.5) is 0 Å². The molecule has 20 heavy (non-hydrogen) atoms. The third kappa shape index (κ3) is 5.48. The number of ketones is 1. The largest absolute Gasteiger partial charge is 0.462 e. The van der Waals surface area contributed by atoms with Crippen molar-refractivity contribution in [1.29, 1.82) is 0 Å². The van der Waals surface area contributed by atoms with Crippen LogP contribution in [0.15, 0.2) is 35.9 Å². The van der Waals surface area contributed by atoms with Crippen LogP contribution in [0, 0.1) is 0 Å². The van der Waals surface area contributed by atoms with Gasteiger partial charge in [-0.3, -0.25) is 9.59 Å². The lowest BCUT2D eigenvalue weighted by molar-refractivity contribution is -0.149. The summed E-state index contributed by atoms with van der Waals surface area (Å²) < 4.78 is 9.51. The van der Waals surface area contributed by atoms with E-state index in [-0.39, 0.29) is 24.6 Å². The Morgan fingerprint density at radius 2 is 1.60 bits per heavy atom. The minimum Gasteiger partial charge on any atom is -0.462 e. The summed E-state index contributed by atoms with van der Waals surface area (Å²) in [6.07, 6.45) is 1.47. The molecule has 106 valence electrons. The lowest BCUT2D eigenvalue weighted by Crippen LogP contribution is -2.17. The Balaban J connectivity index is 2.67. The zero-order chi connectivity index (χ0) is 15.0. The molecule has 0 spiro atoms. The predicted molar refractivity (Wildman–Crippen MR) is 72.7 cm³/mol. The minimum absolute atomic E-state index is 0.0302. The SMILES string of the molecule is CC(=O)OCCOC(=O)/C(=C/c1ccccc1)C(C)=O. The van der Waals surface area contributed by atoms with Crippen molar-refractivity contribution in [3.63, 3.8) is 0 Å². The van der Waals surface area contributed by atoms with Gasteiger partial charge in [-0.2, -0.15) is 0 Å². The molecule has 5 heteroatoms. The van der Waals surface area contributed by atoms with Crippen molar-refractivity contribution in [2.75, 3.05) is 13.2 Å². The number of hydrogen-bond acceptors (Lipinski definition) is 5. The highest BCUT2D eigenvalue weighted by molar-refractivity contribution is 6.19. The highest BCUT2D eigenvalue weighted by Crippen LogP contribution is 2.09. The van der Waals surface area contributed by atoms with Gasteiger partial charge in [-0.15, -0.1) is 0 Å². The van der Waals surface area contributed by atoms with E-state index < -0.39 is 11.9 Å². The van der Waals surface area contributed by atoms with Crippen LogP contribution in [0.2, 0.25) is 0 Å². The quantitative estimate of drug-likeness (QED) is 0.260. The molecule has 0 amide bonds. The Morgan fingerprint density at radius 1 is 1.00 bits per heavy atom. The van der Waals surface area contributed by atoms with Crippen molar-refractivity contribution in [3.8, 4) is 0 Å². The van der Waals surface area contributed by atoms with E-state index >= 15 is 0 Å². The van der Waals surface area contributed by atoms with Gasteiger partial charge >= 0.3 is 11.9 Å². The maximum Gasteiger partial charge on any atom is 0.341 e. The molecule has 0 saturated carbocycles. The molecule has 0 bridgehead atoms. The van der Waals surface area contributed by atoms with Crippen LogP contribution in [-0.2, 0) is 23.9 Å². The summed E-state index contributed by atoms with van der Waals surface area (Å²) in [7, 11) is 0. The molecule has 0 aliphatic carbocycles. The highest BCUT2D eigenvalue weighted by atomic mass is 16.6. The molecule has 0 radical (unpaired) electrons. The molecule has 0 unspecified atom stereocenters. The first kappa shape index (κ1) is 15.6. The molecule has 0 N–H and O–H groups in total. The highest BCUT2D eigenvalue weighted by Gasteiger charge is 2.16. The minimum atomic E-state index is -0.728. The Kier molecular flexibility index (Phi) is 6.16. The normalized spacial score (nSPS) is 10.8. The number of Topliss-reactive ketones (excluding diaryl/α,β-unsaturated/α-hetero) is 1. The Hall–Kier alpha value is -2.43. The monoisotopic (exact) mass is 276 g/mol. The van der Waals surface area contributed by atoms with E-state index in [0.29, 0.717) is 0 Å². The van der Waals surface area contributed by atoms with E-state index in [0.717, 1.165) is 5.56 Å². The Bertz CT molecular complexity index is 516. The summed E-state index contributed by atoms with van der Waals surface area (Å²) in [5.74, 6) is -1.56. The molecule has 0 aliphatic heterocycles. The summed E-state index contributed by atoms with van der Waals surface area (Å²) in [6.45, 7) is 2.44. The molecule has 5 nitrogen and oxygen atoms in total. The fourth-order valence-corrected chi connectivity index (χ4v) is 1.42. The standard InChI is InChI=1S/C15H16O5/c1-11(16)14(10-13-6-4-3-5-7-13)15(18)20-9-8-19-12(2)17/h3-7,10H,8-9H2,1-2H3/b14-10+. The summed E-state index contributed by atoms with van der Waals surface area (Å²) in [4.78, 5) is 33.8. The summed E-state index contributed by atoms with van der Waals surface area (Å²) in [6, 6.07) is 8.98. The van der Waals surface area contributed by atoms with E-state index in [9.17, 15) is 14.4 Å². The van der Waals surface area contributed by atoms with E-state index in [1.165, 1.54) is 19.9 Å². The molecule has 1 rings (SSSR count). The lowest BCUT2D eigenvalue weighted by atomic mass is 10.1. The van der Waals surface area contributed by atoms with Crippen molar-refractivity contribution < 1.29 is 23.9 Å². The summed E-state index contributed by atoms with van der Waals surface area (Å²) in [5, 5.41) is 0. The molecule has 0 atom stereocenters. The Labute approximate surface area is 117 Å². The zero-order valence-electron chi connectivity index (χ0n) is 11.4. The molecule has 0 heterocycles. The van der Waals surface area contributed by atoms with Gasteiger partial charge in [0.15, 0.2) is 5.78 Å². The third-order valence-corrected chi connectivity index (χ3v) is 2.33. The molecule has 0 fully saturated rings. The van der Waals surface area contributed by atoms with Gasteiger partial charge in [0.2, 0.25) is 0 Å². The van der Waals surface area contributed by atoms with Crippen LogP contribution in [0.25, 0.3) is 6.08 Å². The van der Waals surface area contributed by atoms with Crippen LogP contribution in [0.5, 0.6) is 0 Å². The number of carbonyl (C=O) groups is 3. The van der Waals surface area contributed by atoms with Gasteiger partial charge in [0.05, 0.1) is 0 Å². The van der Waals surface area contributed by atoms with Crippen LogP contribution in [-0.4, -0.2) is 30.9 Å². The second-order valence-electron chi connectivity index (χ2n) is 4.00. The van der Waals surface area contributed by atoms with Crippen molar-refractivity contribution in [2.24, 2.45) is 0 Å². The van der Waals surface area contributed by atoms with Gasteiger partial charge in [0.1, 0.15) is 18.8 Å². The number of rotatable bonds is 6. The smallest absolute Gasteiger partial charge is 0.341 e.